The molecule has 25 heavy (non-hydrogen) atoms. The summed E-state index contributed by atoms with van der Waals surface area (Å²) in [6.45, 7) is 2.22. The SMILES string of the molecule is CN=C(NCc1cc(Cl)c2c(c1)OCCO2)NCc1ccccn1.I. The van der Waals surface area contributed by atoms with Crippen LogP contribution in [0.4, 0.5) is 0 Å². The number of rotatable bonds is 4. The Kier molecular flexibility index (Phi) is 7.57. The average Bonchev–Trinajstić information content (AvgIpc) is 2.63. The molecule has 0 aliphatic carbocycles. The maximum atomic E-state index is 6.25. The Morgan fingerprint density at radius 1 is 1.20 bits per heavy atom. The van der Waals surface area contributed by atoms with Crippen molar-refractivity contribution in [1.29, 1.82) is 0 Å². The Morgan fingerprint density at radius 3 is 2.76 bits per heavy atom. The van der Waals surface area contributed by atoms with Gasteiger partial charge in [-0.05, 0) is 29.8 Å². The number of nitrogens with zero attached hydrogens (tertiary/aromatic N) is 2. The monoisotopic (exact) mass is 474 g/mol. The van der Waals surface area contributed by atoms with Crippen molar-refractivity contribution < 1.29 is 9.47 Å². The van der Waals surface area contributed by atoms with Crippen LogP contribution in [0.1, 0.15) is 11.3 Å². The number of aromatic nitrogens is 1. The molecule has 0 saturated heterocycles. The zero-order valence-electron chi connectivity index (χ0n) is 13.8. The van der Waals surface area contributed by atoms with E-state index in [1.54, 1.807) is 13.2 Å². The Hall–Kier alpha value is -1.74. The summed E-state index contributed by atoms with van der Waals surface area (Å²) in [5.74, 6) is 1.98. The fourth-order valence-corrected chi connectivity index (χ4v) is 2.64. The molecule has 0 bridgehead atoms. The van der Waals surface area contributed by atoms with Crippen LogP contribution >= 0.6 is 35.6 Å². The average molecular weight is 475 g/mol. The lowest BCUT2D eigenvalue weighted by molar-refractivity contribution is 0.171. The number of guanidine groups is 1. The largest absolute Gasteiger partial charge is 0.486 e. The lowest BCUT2D eigenvalue weighted by Gasteiger charge is -2.20. The fourth-order valence-electron chi connectivity index (χ4n) is 2.35. The second-order valence-electron chi connectivity index (χ2n) is 5.20. The van der Waals surface area contributed by atoms with E-state index in [-0.39, 0.29) is 24.0 Å². The Balaban J connectivity index is 0.00000225. The second kappa shape index (κ2) is 9.67. The number of fused-ring (bicyclic) bond motifs is 1. The van der Waals surface area contributed by atoms with Gasteiger partial charge in [-0.3, -0.25) is 9.98 Å². The molecule has 0 saturated carbocycles. The number of nitrogens with one attached hydrogen (secondary N) is 2. The highest BCUT2D eigenvalue weighted by Gasteiger charge is 2.16. The van der Waals surface area contributed by atoms with Crippen LogP contribution in [0.25, 0.3) is 0 Å². The van der Waals surface area contributed by atoms with Gasteiger partial charge in [-0.15, -0.1) is 24.0 Å². The third kappa shape index (κ3) is 5.37. The lowest BCUT2D eigenvalue weighted by atomic mass is 10.2. The molecule has 1 aromatic carbocycles. The van der Waals surface area contributed by atoms with Gasteiger partial charge >= 0.3 is 0 Å². The molecule has 8 heteroatoms. The minimum atomic E-state index is 0. The van der Waals surface area contributed by atoms with Crippen molar-refractivity contribution in [3.8, 4) is 11.5 Å². The van der Waals surface area contributed by atoms with E-state index in [4.69, 9.17) is 21.1 Å². The van der Waals surface area contributed by atoms with Gasteiger partial charge in [-0.25, -0.2) is 0 Å². The maximum absolute atomic E-state index is 6.25. The summed E-state index contributed by atoms with van der Waals surface area (Å²) in [7, 11) is 1.73. The van der Waals surface area contributed by atoms with Crippen molar-refractivity contribution in [1.82, 2.24) is 15.6 Å². The highest BCUT2D eigenvalue weighted by atomic mass is 127. The van der Waals surface area contributed by atoms with Crippen LogP contribution in [-0.2, 0) is 13.1 Å². The highest BCUT2D eigenvalue weighted by molar-refractivity contribution is 14.0. The summed E-state index contributed by atoms with van der Waals surface area (Å²) in [6.07, 6.45) is 1.77. The number of hydrogen-bond donors (Lipinski definition) is 2. The van der Waals surface area contributed by atoms with Gasteiger partial charge in [0.05, 0.1) is 17.3 Å². The minimum Gasteiger partial charge on any atom is -0.486 e. The third-order valence-corrected chi connectivity index (χ3v) is 3.78. The molecule has 2 N–H and O–H groups in total. The number of halogens is 2. The minimum absolute atomic E-state index is 0. The normalized spacial score (nSPS) is 13.0. The predicted octanol–water partition coefficient (Wildman–Crippen LogP) is 2.99. The van der Waals surface area contributed by atoms with Crippen molar-refractivity contribution in [2.75, 3.05) is 20.3 Å². The molecule has 6 nitrogen and oxygen atoms in total. The van der Waals surface area contributed by atoms with Gasteiger partial charge in [0, 0.05) is 19.8 Å². The van der Waals surface area contributed by atoms with E-state index < -0.39 is 0 Å². The van der Waals surface area contributed by atoms with Crippen LogP contribution in [0.5, 0.6) is 11.5 Å². The smallest absolute Gasteiger partial charge is 0.191 e. The van der Waals surface area contributed by atoms with Gasteiger partial charge in [0.1, 0.15) is 13.2 Å². The third-order valence-electron chi connectivity index (χ3n) is 3.50. The molecule has 0 unspecified atom stereocenters. The molecule has 0 fully saturated rings. The van der Waals surface area contributed by atoms with Crippen LogP contribution in [0.3, 0.4) is 0 Å². The molecule has 1 aliphatic heterocycles. The van der Waals surface area contributed by atoms with Crippen molar-refractivity contribution >= 4 is 41.5 Å². The molecule has 2 aromatic rings. The molecule has 0 atom stereocenters. The quantitative estimate of drug-likeness (QED) is 0.405. The lowest BCUT2D eigenvalue weighted by Crippen LogP contribution is -2.36. The van der Waals surface area contributed by atoms with E-state index in [1.807, 2.05) is 30.3 Å². The van der Waals surface area contributed by atoms with Gasteiger partial charge in [-0.1, -0.05) is 17.7 Å². The molecule has 0 radical (unpaired) electrons. The molecule has 3 rings (SSSR count). The van der Waals surface area contributed by atoms with E-state index in [0.29, 0.717) is 48.8 Å². The van der Waals surface area contributed by atoms with E-state index in [1.165, 1.54) is 0 Å². The summed E-state index contributed by atoms with van der Waals surface area (Å²) in [4.78, 5) is 8.48. The van der Waals surface area contributed by atoms with Gasteiger partial charge in [0.15, 0.2) is 17.5 Å². The van der Waals surface area contributed by atoms with Crippen LogP contribution in [0.15, 0.2) is 41.5 Å². The van der Waals surface area contributed by atoms with Gasteiger partial charge in [0.25, 0.3) is 0 Å². The van der Waals surface area contributed by atoms with Crippen molar-refractivity contribution in [3.63, 3.8) is 0 Å². The Morgan fingerprint density at radius 2 is 2.00 bits per heavy atom. The number of pyridine rings is 1. The van der Waals surface area contributed by atoms with Gasteiger partial charge in [0.2, 0.25) is 0 Å². The van der Waals surface area contributed by atoms with Crippen LogP contribution in [0, 0.1) is 0 Å². The first-order valence-electron chi connectivity index (χ1n) is 7.68. The molecule has 0 amide bonds. The molecule has 1 aliphatic rings. The number of ether oxygens (including phenoxy) is 2. The van der Waals surface area contributed by atoms with E-state index in [2.05, 4.69) is 20.6 Å². The standard InChI is InChI=1S/C17H19ClN4O2.HI/c1-19-17(22-11-13-4-2-3-5-20-13)21-10-12-8-14(18)16-15(9-12)23-6-7-24-16;/h2-5,8-9H,6-7,10-11H2,1H3,(H2,19,21,22);1H. The highest BCUT2D eigenvalue weighted by Crippen LogP contribution is 2.38. The molecule has 2 heterocycles. The van der Waals surface area contributed by atoms with Gasteiger partial charge < -0.3 is 20.1 Å². The summed E-state index contributed by atoms with van der Waals surface area (Å²) in [5.41, 5.74) is 1.94. The second-order valence-corrected chi connectivity index (χ2v) is 5.61. The van der Waals surface area contributed by atoms with Crippen molar-refractivity contribution in [2.45, 2.75) is 13.1 Å². The predicted molar refractivity (Wildman–Crippen MR) is 109 cm³/mol. The summed E-state index contributed by atoms with van der Waals surface area (Å²) in [6, 6.07) is 9.61. The van der Waals surface area contributed by atoms with E-state index >= 15 is 0 Å². The van der Waals surface area contributed by atoms with Crippen molar-refractivity contribution in [2.24, 2.45) is 4.99 Å². The van der Waals surface area contributed by atoms with Gasteiger partial charge in [-0.2, -0.15) is 0 Å². The van der Waals surface area contributed by atoms with Crippen LogP contribution in [0.2, 0.25) is 5.02 Å². The zero-order chi connectivity index (χ0) is 16.8. The first-order chi connectivity index (χ1) is 11.8. The number of benzene rings is 1. The maximum Gasteiger partial charge on any atom is 0.191 e. The first-order valence-corrected chi connectivity index (χ1v) is 8.06. The summed E-state index contributed by atoms with van der Waals surface area (Å²) in [5, 5.41) is 7.02. The van der Waals surface area contributed by atoms with Crippen LogP contribution in [-0.4, -0.2) is 31.2 Å². The summed E-state index contributed by atoms with van der Waals surface area (Å²) < 4.78 is 11.1. The van der Waals surface area contributed by atoms with Crippen molar-refractivity contribution in [3.05, 3.63) is 52.8 Å². The number of aliphatic imine (C=N–C) groups is 1. The molecule has 134 valence electrons. The molecule has 1 aromatic heterocycles. The molecular weight excluding hydrogens is 455 g/mol. The van der Waals surface area contributed by atoms with E-state index in [9.17, 15) is 0 Å². The van der Waals surface area contributed by atoms with E-state index in [0.717, 1.165) is 11.3 Å². The Labute approximate surface area is 169 Å². The summed E-state index contributed by atoms with van der Waals surface area (Å²) >= 11 is 6.25. The molecule has 0 spiro atoms. The number of hydrogen-bond acceptors (Lipinski definition) is 4. The first kappa shape index (κ1) is 19.6. The Bertz CT molecular complexity index is 728. The topological polar surface area (TPSA) is 67.8 Å². The zero-order valence-corrected chi connectivity index (χ0v) is 16.9. The molecular formula is C17H20ClIN4O2. The fraction of sp³-hybridized carbons (Fsp3) is 0.294. The van der Waals surface area contributed by atoms with Crippen LogP contribution < -0.4 is 20.1 Å².